The van der Waals surface area contributed by atoms with Gasteiger partial charge in [-0.05, 0) is 68.0 Å². The summed E-state index contributed by atoms with van der Waals surface area (Å²) in [7, 11) is -4.09. The van der Waals surface area contributed by atoms with Gasteiger partial charge >= 0.3 is 0 Å². The SMILES string of the molecule is CCCNC(=O)C(CC)N(Cc1ccc(C)cc1)C(=O)CN(c1ccc(C(C)C)cc1)S(=O)(=O)c1ccc(C)cc1. The van der Waals surface area contributed by atoms with Crippen molar-refractivity contribution >= 4 is 27.5 Å². The fourth-order valence-electron chi connectivity index (χ4n) is 4.57. The lowest BCUT2D eigenvalue weighted by atomic mass is 10.0. The van der Waals surface area contributed by atoms with Gasteiger partial charge in [0.05, 0.1) is 10.6 Å². The number of aryl methyl sites for hydroxylation is 2. The molecule has 2 amide bonds. The number of carbonyl (C=O) groups excluding carboxylic acids is 2. The van der Waals surface area contributed by atoms with Crippen molar-refractivity contribution in [1.82, 2.24) is 10.2 Å². The largest absolute Gasteiger partial charge is 0.354 e. The Morgan fingerprint density at radius 2 is 1.39 bits per heavy atom. The predicted molar refractivity (Wildman–Crippen MR) is 165 cm³/mol. The number of nitrogens with one attached hydrogen (secondary N) is 1. The summed E-state index contributed by atoms with van der Waals surface area (Å²) in [5, 5.41) is 2.91. The van der Waals surface area contributed by atoms with Gasteiger partial charge in [0, 0.05) is 13.1 Å². The monoisotopic (exact) mass is 577 g/mol. The third kappa shape index (κ3) is 8.19. The minimum absolute atomic E-state index is 0.0988. The van der Waals surface area contributed by atoms with E-state index in [0.29, 0.717) is 18.7 Å². The van der Waals surface area contributed by atoms with Crippen molar-refractivity contribution in [2.45, 2.75) is 77.8 Å². The highest BCUT2D eigenvalue weighted by Gasteiger charge is 2.33. The summed E-state index contributed by atoms with van der Waals surface area (Å²) in [5.74, 6) is -0.429. The summed E-state index contributed by atoms with van der Waals surface area (Å²) in [6, 6.07) is 20.9. The van der Waals surface area contributed by atoms with Gasteiger partial charge in [-0.3, -0.25) is 13.9 Å². The van der Waals surface area contributed by atoms with Gasteiger partial charge < -0.3 is 10.2 Å². The van der Waals surface area contributed by atoms with Gasteiger partial charge in [0.15, 0.2) is 0 Å². The summed E-state index contributed by atoms with van der Waals surface area (Å²) in [6.07, 6.45) is 1.16. The minimum Gasteiger partial charge on any atom is -0.354 e. The summed E-state index contributed by atoms with van der Waals surface area (Å²) in [5.41, 5.74) is 4.33. The molecule has 0 spiro atoms. The zero-order valence-electron chi connectivity index (χ0n) is 25.1. The average molecular weight is 578 g/mol. The minimum atomic E-state index is -4.09. The first-order valence-corrected chi connectivity index (χ1v) is 15.7. The lowest BCUT2D eigenvalue weighted by Crippen LogP contribution is -2.52. The molecule has 0 radical (unpaired) electrons. The summed E-state index contributed by atoms with van der Waals surface area (Å²) in [6.45, 7) is 12.1. The second-order valence-corrected chi connectivity index (χ2v) is 12.7. The van der Waals surface area contributed by atoms with E-state index in [9.17, 15) is 18.0 Å². The molecule has 7 nitrogen and oxygen atoms in total. The van der Waals surface area contributed by atoms with Crippen LogP contribution in [0.25, 0.3) is 0 Å². The molecule has 3 aromatic carbocycles. The van der Waals surface area contributed by atoms with Crippen LogP contribution >= 0.6 is 0 Å². The lowest BCUT2D eigenvalue weighted by Gasteiger charge is -2.33. The van der Waals surface area contributed by atoms with Crippen LogP contribution in [-0.2, 0) is 26.2 Å². The Morgan fingerprint density at radius 3 is 1.90 bits per heavy atom. The summed E-state index contributed by atoms with van der Waals surface area (Å²) >= 11 is 0. The Bertz CT molecular complexity index is 1400. The van der Waals surface area contributed by atoms with E-state index in [1.807, 2.05) is 64.1 Å². The second-order valence-electron chi connectivity index (χ2n) is 10.8. The molecule has 1 unspecified atom stereocenters. The number of hydrogen-bond donors (Lipinski definition) is 1. The van der Waals surface area contributed by atoms with Crippen LogP contribution in [0.3, 0.4) is 0 Å². The number of anilines is 1. The number of hydrogen-bond acceptors (Lipinski definition) is 4. The quantitative estimate of drug-likeness (QED) is 0.272. The van der Waals surface area contributed by atoms with Gasteiger partial charge in [0.25, 0.3) is 10.0 Å². The van der Waals surface area contributed by atoms with Crippen LogP contribution in [0, 0.1) is 13.8 Å². The highest BCUT2D eigenvalue weighted by Crippen LogP contribution is 2.27. The van der Waals surface area contributed by atoms with E-state index >= 15 is 0 Å². The van der Waals surface area contributed by atoms with E-state index in [-0.39, 0.29) is 23.3 Å². The third-order valence-corrected chi connectivity index (χ3v) is 8.93. The fourth-order valence-corrected chi connectivity index (χ4v) is 5.98. The number of sulfonamides is 1. The Kier molecular flexibility index (Phi) is 11.1. The number of nitrogens with zero attached hydrogens (tertiary/aromatic N) is 2. The molecule has 0 aliphatic carbocycles. The van der Waals surface area contributed by atoms with E-state index in [2.05, 4.69) is 19.2 Å². The first kappa shape index (κ1) is 31.9. The van der Waals surface area contributed by atoms with Gasteiger partial charge in [-0.2, -0.15) is 0 Å². The molecular formula is C33H43N3O4S. The molecular weight excluding hydrogens is 534 g/mol. The molecule has 0 aromatic heterocycles. The van der Waals surface area contributed by atoms with Gasteiger partial charge in [0.1, 0.15) is 12.6 Å². The van der Waals surface area contributed by atoms with Crippen LogP contribution in [0.1, 0.15) is 68.7 Å². The average Bonchev–Trinajstić information content (AvgIpc) is 2.95. The lowest BCUT2D eigenvalue weighted by molar-refractivity contribution is -0.140. The third-order valence-electron chi connectivity index (χ3n) is 7.14. The Morgan fingerprint density at radius 1 is 0.829 bits per heavy atom. The number of benzene rings is 3. The molecule has 0 saturated heterocycles. The van der Waals surface area contributed by atoms with Crippen molar-refractivity contribution < 1.29 is 18.0 Å². The molecule has 3 rings (SSSR count). The van der Waals surface area contributed by atoms with Crippen LogP contribution in [0.15, 0.2) is 77.7 Å². The van der Waals surface area contributed by atoms with Crippen molar-refractivity contribution in [3.8, 4) is 0 Å². The van der Waals surface area contributed by atoms with Crippen molar-refractivity contribution in [2.75, 3.05) is 17.4 Å². The van der Waals surface area contributed by atoms with E-state index in [1.54, 1.807) is 36.4 Å². The van der Waals surface area contributed by atoms with Gasteiger partial charge in [-0.15, -0.1) is 0 Å². The second kappa shape index (κ2) is 14.3. The van der Waals surface area contributed by atoms with Gasteiger partial charge in [-0.1, -0.05) is 87.4 Å². The van der Waals surface area contributed by atoms with Crippen LogP contribution in [0.5, 0.6) is 0 Å². The molecule has 41 heavy (non-hydrogen) atoms. The van der Waals surface area contributed by atoms with Crippen molar-refractivity contribution in [3.05, 3.63) is 95.1 Å². The fraction of sp³-hybridized carbons (Fsp3) is 0.394. The number of amides is 2. The Labute approximate surface area is 245 Å². The zero-order chi connectivity index (χ0) is 30.2. The van der Waals surface area contributed by atoms with Crippen molar-refractivity contribution in [1.29, 1.82) is 0 Å². The van der Waals surface area contributed by atoms with E-state index in [0.717, 1.165) is 33.0 Å². The molecule has 0 aliphatic heterocycles. The summed E-state index contributed by atoms with van der Waals surface area (Å²) < 4.78 is 29.2. The maximum atomic E-state index is 14.1. The first-order valence-electron chi connectivity index (χ1n) is 14.3. The molecule has 3 aromatic rings. The van der Waals surface area contributed by atoms with E-state index in [4.69, 9.17) is 0 Å². The van der Waals surface area contributed by atoms with Crippen LogP contribution < -0.4 is 9.62 Å². The van der Waals surface area contributed by atoms with Crippen LogP contribution in [-0.4, -0.2) is 44.3 Å². The predicted octanol–water partition coefficient (Wildman–Crippen LogP) is 5.96. The molecule has 0 saturated carbocycles. The van der Waals surface area contributed by atoms with Gasteiger partial charge in [0.2, 0.25) is 11.8 Å². The Hall–Kier alpha value is -3.65. The first-order chi connectivity index (χ1) is 19.5. The maximum absolute atomic E-state index is 14.1. The normalized spacial score (nSPS) is 12.2. The highest BCUT2D eigenvalue weighted by atomic mass is 32.2. The topological polar surface area (TPSA) is 86.8 Å². The van der Waals surface area contributed by atoms with E-state index < -0.39 is 28.5 Å². The standard InChI is InChI=1S/C33H43N3O4S/c1-7-21-34-33(38)31(8-2)35(22-27-13-9-25(5)10-14-27)32(37)23-36(29-17-15-28(16-18-29)24(3)4)41(39,40)30-19-11-26(6)12-20-30/h9-20,24,31H,7-8,21-23H2,1-6H3,(H,34,38). The van der Waals surface area contributed by atoms with Gasteiger partial charge in [-0.25, -0.2) is 8.42 Å². The molecule has 0 bridgehead atoms. The van der Waals surface area contributed by atoms with Crippen molar-refractivity contribution in [2.24, 2.45) is 0 Å². The van der Waals surface area contributed by atoms with Crippen molar-refractivity contribution in [3.63, 3.8) is 0 Å². The van der Waals surface area contributed by atoms with Crippen LogP contribution in [0.4, 0.5) is 5.69 Å². The maximum Gasteiger partial charge on any atom is 0.264 e. The molecule has 220 valence electrons. The highest BCUT2D eigenvalue weighted by molar-refractivity contribution is 7.92. The molecule has 1 atom stereocenters. The number of carbonyl (C=O) groups is 2. The number of rotatable bonds is 13. The Balaban J connectivity index is 2.06. The molecule has 8 heteroatoms. The molecule has 0 fully saturated rings. The van der Waals surface area contributed by atoms with E-state index in [1.165, 1.54) is 4.90 Å². The molecule has 1 N–H and O–H groups in total. The summed E-state index contributed by atoms with van der Waals surface area (Å²) in [4.78, 5) is 28.9. The molecule has 0 aliphatic rings. The molecule has 0 heterocycles. The zero-order valence-corrected chi connectivity index (χ0v) is 25.9. The van der Waals surface area contributed by atoms with Crippen LogP contribution in [0.2, 0.25) is 0 Å². The smallest absolute Gasteiger partial charge is 0.264 e.